The van der Waals surface area contributed by atoms with Crippen molar-refractivity contribution in [3.63, 3.8) is 0 Å². The van der Waals surface area contributed by atoms with E-state index < -0.39 is 23.3 Å². The number of nitrogens with one attached hydrogen (secondary N) is 1. The van der Waals surface area contributed by atoms with Gasteiger partial charge in [0.25, 0.3) is 0 Å². The van der Waals surface area contributed by atoms with Crippen LogP contribution in [0.4, 0.5) is 18.9 Å². The maximum atomic E-state index is 14.2. The first kappa shape index (κ1) is 35.7. The van der Waals surface area contributed by atoms with Gasteiger partial charge >= 0.3 is 11.9 Å². The predicted molar refractivity (Wildman–Crippen MR) is 190 cm³/mol. The number of likely N-dealkylation sites (tertiary alicyclic amines) is 1. The number of hydrogen-bond donors (Lipinski definition) is 2. The molecule has 11 nitrogen and oxygen atoms in total. The van der Waals surface area contributed by atoms with Crippen LogP contribution in [0.2, 0.25) is 0 Å². The van der Waals surface area contributed by atoms with Gasteiger partial charge in [0.05, 0.1) is 23.2 Å². The molecule has 1 aromatic heterocycles. The van der Waals surface area contributed by atoms with Crippen LogP contribution in [0.25, 0.3) is 11.4 Å². The Morgan fingerprint density at radius 3 is 2.25 bits per heavy atom. The van der Waals surface area contributed by atoms with E-state index in [4.69, 9.17) is 5.73 Å². The minimum Gasteiger partial charge on any atom is -0.397 e. The van der Waals surface area contributed by atoms with Crippen LogP contribution in [0.5, 0.6) is 0 Å². The number of amides is 2. The lowest BCUT2D eigenvalue weighted by molar-refractivity contribution is -0.143. The molecule has 5 fully saturated rings. The van der Waals surface area contributed by atoms with Gasteiger partial charge < -0.3 is 20.4 Å². The minimum atomic E-state index is -4.67. The van der Waals surface area contributed by atoms with Crippen LogP contribution in [0.3, 0.4) is 0 Å². The van der Waals surface area contributed by atoms with Crippen molar-refractivity contribution in [2.24, 2.45) is 11.8 Å². The van der Waals surface area contributed by atoms with Crippen molar-refractivity contribution in [1.29, 1.82) is 0 Å². The maximum absolute atomic E-state index is 14.2. The number of nitrogens with zero attached hydrogens (tertiary/aromatic N) is 6. The number of benzene rings is 2. The number of nitrogens with two attached hydrogens (primary N) is 1. The number of carbonyl (C=O) groups excluding carboxylic acids is 2. The molecule has 274 valence electrons. The van der Waals surface area contributed by atoms with E-state index in [-0.39, 0.29) is 46.4 Å². The summed E-state index contributed by atoms with van der Waals surface area (Å²) >= 11 is 3.17. The highest BCUT2D eigenvalue weighted by Crippen LogP contribution is 2.39. The molecule has 5 saturated heterocycles. The summed E-state index contributed by atoms with van der Waals surface area (Å²) in [6, 6.07) is 12.2. The second kappa shape index (κ2) is 14.7. The average molecular weight is 774 g/mol. The normalized spacial score (nSPS) is 23.8. The van der Waals surface area contributed by atoms with Gasteiger partial charge in [0, 0.05) is 68.3 Å². The molecule has 0 spiro atoms. The van der Waals surface area contributed by atoms with E-state index in [2.05, 4.69) is 35.8 Å². The SMILES string of the molecule is Nc1c(Br)cc(C[C@@H](CC(=O)N2CCC(n3nc(-c4ccccc4)[nH]c3=O)CC2)C(=O)N2CCN(C3CN4CCC3CC4)CC2)cc1C(F)(F)F. The van der Waals surface area contributed by atoms with Crippen molar-refractivity contribution in [2.45, 2.75) is 56.8 Å². The van der Waals surface area contributed by atoms with Crippen molar-refractivity contribution in [2.75, 3.05) is 64.6 Å². The van der Waals surface area contributed by atoms with Crippen molar-refractivity contribution >= 4 is 33.4 Å². The Morgan fingerprint density at radius 2 is 1.63 bits per heavy atom. The summed E-state index contributed by atoms with van der Waals surface area (Å²) in [7, 11) is 0. The molecule has 6 heterocycles. The number of carbonyl (C=O) groups is 2. The zero-order valence-corrected chi connectivity index (χ0v) is 30.0. The second-order valence-electron chi connectivity index (χ2n) is 14.4. The molecule has 5 aliphatic heterocycles. The number of anilines is 1. The van der Waals surface area contributed by atoms with E-state index in [1.165, 1.54) is 23.6 Å². The molecule has 2 aromatic carbocycles. The fraction of sp³-hybridized carbons (Fsp3) is 0.556. The van der Waals surface area contributed by atoms with Crippen molar-refractivity contribution < 1.29 is 22.8 Å². The lowest BCUT2D eigenvalue weighted by atomic mass is 9.83. The Labute approximate surface area is 303 Å². The molecule has 2 atom stereocenters. The Hall–Kier alpha value is -3.69. The van der Waals surface area contributed by atoms with Gasteiger partial charge in [0.15, 0.2) is 5.82 Å². The van der Waals surface area contributed by atoms with Crippen LogP contribution in [-0.4, -0.2) is 111 Å². The van der Waals surface area contributed by atoms with Crippen LogP contribution < -0.4 is 11.4 Å². The number of nitrogen functional groups attached to an aromatic ring is 1. The summed E-state index contributed by atoms with van der Waals surface area (Å²) < 4.78 is 43.2. The summed E-state index contributed by atoms with van der Waals surface area (Å²) in [6.45, 7) is 6.60. The van der Waals surface area contributed by atoms with E-state index in [0.29, 0.717) is 56.8 Å². The van der Waals surface area contributed by atoms with E-state index >= 15 is 0 Å². The number of halogens is 4. The zero-order chi connectivity index (χ0) is 35.9. The molecule has 1 unspecified atom stereocenters. The second-order valence-corrected chi connectivity index (χ2v) is 15.3. The van der Waals surface area contributed by atoms with E-state index in [1.54, 1.807) is 9.80 Å². The number of aromatic amines is 1. The number of hydrogen-bond acceptors (Lipinski definition) is 7. The van der Waals surface area contributed by atoms with Crippen LogP contribution >= 0.6 is 15.9 Å². The largest absolute Gasteiger partial charge is 0.418 e. The first-order valence-corrected chi connectivity index (χ1v) is 18.7. The van der Waals surface area contributed by atoms with Gasteiger partial charge in [-0.25, -0.2) is 9.48 Å². The molecule has 2 bridgehead atoms. The summed E-state index contributed by atoms with van der Waals surface area (Å²) in [4.78, 5) is 52.1. The number of aromatic nitrogens is 3. The highest BCUT2D eigenvalue weighted by atomic mass is 79.9. The Morgan fingerprint density at radius 1 is 0.941 bits per heavy atom. The smallest absolute Gasteiger partial charge is 0.397 e. The molecule has 0 radical (unpaired) electrons. The predicted octanol–water partition coefficient (Wildman–Crippen LogP) is 4.25. The van der Waals surface area contributed by atoms with E-state index in [9.17, 15) is 27.6 Å². The van der Waals surface area contributed by atoms with E-state index in [1.807, 2.05) is 30.3 Å². The fourth-order valence-electron chi connectivity index (χ4n) is 8.45. The van der Waals surface area contributed by atoms with Gasteiger partial charge in [-0.1, -0.05) is 30.3 Å². The highest BCUT2D eigenvalue weighted by molar-refractivity contribution is 9.10. The van der Waals surface area contributed by atoms with Gasteiger partial charge in [-0.3, -0.25) is 19.5 Å². The number of piperazine rings is 1. The van der Waals surface area contributed by atoms with Crippen LogP contribution in [0, 0.1) is 11.8 Å². The lowest BCUT2D eigenvalue weighted by Gasteiger charge is -2.51. The molecule has 8 rings (SSSR count). The third-order valence-corrected chi connectivity index (χ3v) is 12.0. The fourth-order valence-corrected chi connectivity index (χ4v) is 8.95. The van der Waals surface area contributed by atoms with Crippen LogP contribution in [0.15, 0.2) is 51.7 Å². The molecule has 5 aliphatic rings. The monoisotopic (exact) mass is 772 g/mol. The molecule has 51 heavy (non-hydrogen) atoms. The summed E-state index contributed by atoms with van der Waals surface area (Å²) in [5.74, 6) is -0.144. The highest BCUT2D eigenvalue weighted by Gasteiger charge is 2.40. The molecular weight excluding hydrogens is 729 g/mol. The van der Waals surface area contributed by atoms with Crippen molar-refractivity contribution in [3.8, 4) is 11.4 Å². The van der Waals surface area contributed by atoms with Crippen molar-refractivity contribution in [1.82, 2.24) is 34.4 Å². The molecule has 3 aromatic rings. The Kier molecular flexibility index (Phi) is 10.3. The third-order valence-electron chi connectivity index (χ3n) is 11.3. The van der Waals surface area contributed by atoms with Gasteiger partial charge in [0.2, 0.25) is 11.8 Å². The van der Waals surface area contributed by atoms with Gasteiger partial charge in [-0.2, -0.15) is 13.2 Å². The Bertz CT molecular complexity index is 1780. The van der Waals surface area contributed by atoms with E-state index in [0.717, 1.165) is 44.4 Å². The molecule has 0 saturated carbocycles. The average Bonchev–Trinajstić information content (AvgIpc) is 3.54. The minimum absolute atomic E-state index is 0.0339. The Balaban J connectivity index is 1.04. The lowest BCUT2D eigenvalue weighted by Crippen LogP contribution is -2.61. The van der Waals surface area contributed by atoms with Crippen molar-refractivity contribution in [3.05, 3.63) is 68.5 Å². The summed E-state index contributed by atoms with van der Waals surface area (Å²) in [5.41, 5.74) is 5.16. The topological polar surface area (TPSA) is 124 Å². The number of alkyl halides is 3. The molecule has 0 aliphatic carbocycles. The quantitative estimate of drug-likeness (QED) is 0.329. The third kappa shape index (κ3) is 7.75. The van der Waals surface area contributed by atoms with Crippen LogP contribution in [-0.2, 0) is 22.2 Å². The number of piperidine rings is 4. The standard InChI is InChI=1S/C36H44BrF3N8O3/c37-29-20-23(19-28(32(29)41)36(38,39)40)18-26(34(50)47-16-14-45(15-17-47)30-22-44-10-6-24(30)7-11-44)21-31(49)46-12-8-27(9-13-46)48-35(51)42-33(43-48)25-4-2-1-3-5-25/h1-5,19-20,24,26-27,30H,6-18,21-22,41H2,(H,42,43,51)/t26-,30?/m0/s1. The molecule has 3 N–H and O–H groups in total. The first-order valence-electron chi connectivity index (χ1n) is 17.9. The van der Waals surface area contributed by atoms with Gasteiger partial charge in [-0.15, -0.1) is 5.10 Å². The summed E-state index contributed by atoms with van der Waals surface area (Å²) in [6.07, 6.45) is -1.42. The number of rotatable bonds is 8. The molecule has 2 amide bonds. The van der Waals surface area contributed by atoms with Gasteiger partial charge in [0.1, 0.15) is 0 Å². The first-order chi connectivity index (χ1) is 24.4. The maximum Gasteiger partial charge on any atom is 0.418 e. The molecular formula is C36H44BrF3N8O3. The number of fused-ring (bicyclic) bond motifs is 3. The summed E-state index contributed by atoms with van der Waals surface area (Å²) in [5, 5.41) is 4.52. The molecule has 15 heteroatoms. The van der Waals surface area contributed by atoms with Crippen LogP contribution in [0.1, 0.15) is 49.3 Å². The zero-order valence-electron chi connectivity index (χ0n) is 28.5. The number of H-pyrrole nitrogens is 1. The van der Waals surface area contributed by atoms with Gasteiger partial charge in [-0.05, 0) is 84.7 Å².